The molecule has 1 heterocycles. The van der Waals surface area contributed by atoms with Crippen molar-refractivity contribution in [1.29, 1.82) is 0 Å². The van der Waals surface area contributed by atoms with Crippen molar-refractivity contribution in [2.24, 2.45) is 5.41 Å². The highest BCUT2D eigenvalue weighted by atomic mass is 35.5. The Morgan fingerprint density at radius 1 is 1.35 bits per heavy atom. The van der Waals surface area contributed by atoms with Crippen LogP contribution in [0.2, 0.25) is 5.02 Å². The summed E-state index contributed by atoms with van der Waals surface area (Å²) in [5.74, 6) is 0. The molecule has 1 saturated heterocycles. The van der Waals surface area contributed by atoms with Crippen LogP contribution in [0.4, 0.5) is 5.69 Å². The lowest BCUT2D eigenvalue weighted by Crippen LogP contribution is -2.35. The summed E-state index contributed by atoms with van der Waals surface area (Å²) >= 11 is 6.31. The van der Waals surface area contributed by atoms with E-state index in [0.29, 0.717) is 11.5 Å². The molecule has 0 bridgehead atoms. The minimum Gasteiger partial charge on any atom is -0.368 e. The van der Waals surface area contributed by atoms with Gasteiger partial charge in [0.25, 0.3) is 0 Å². The van der Waals surface area contributed by atoms with E-state index in [1.807, 2.05) is 12.1 Å². The second-order valence-corrected chi connectivity index (χ2v) is 6.02. The SMILES string of the molecule is CC1CN(c2ccccc2Cl)CC2(CC2)CN1. The Bertz CT molecular complexity index is 414. The van der Waals surface area contributed by atoms with Gasteiger partial charge >= 0.3 is 0 Å². The lowest BCUT2D eigenvalue weighted by Gasteiger charge is -2.27. The number of hydrogen-bond donors (Lipinski definition) is 1. The second-order valence-electron chi connectivity index (χ2n) is 5.61. The van der Waals surface area contributed by atoms with Crippen LogP contribution in [0.5, 0.6) is 0 Å². The van der Waals surface area contributed by atoms with E-state index in [1.165, 1.54) is 18.5 Å². The molecule has 1 aromatic carbocycles. The maximum atomic E-state index is 6.31. The highest BCUT2D eigenvalue weighted by Gasteiger charge is 2.45. The van der Waals surface area contributed by atoms with Gasteiger partial charge in [0.05, 0.1) is 10.7 Å². The maximum Gasteiger partial charge on any atom is 0.0639 e. The van der Waals surface area contributed by atoms with Crippen molar-refractivity contribution < 1.29 is 0 Å². The Kier molecular flexibility index (Phi) is 2.80. The van der Waals surface area contributed by atoms with Crippen molar-refractivity contribution in [3.63, 3.8) is 0 Å². The van der Waals surface area contributed by atoms with Crippen molar-refractivity contribution in [1.82, 2.24) is 5.32 Å². The average Bonchev–Trinajstić information content (AvgIpc) is 3.09. The lowest BCUT2D eigenvalue weighted by atomic mass is 10.1. The molecule has 2 nitrogen and oxygen atoms in total. The Morgan fingerprint density at radius 3 is 2.82 bits per heavy atom. The number of nitrogens with one attached hydrogen (secondary N) is 1. The number of nitrogens with zero attached hydrogens (tertiary/aromatic N) is 1. The molecular formula is C14H19ClN2. The van der Waals surface area contributed by atoms with Crippen molar-refractivity contribution in [3.8, 4) is 0 Å². The van der Waals surface area contributed by atoms with E-state index in [2.05, 4.69) is 29.3 Å². The predicted molar refractivity (Wildman–Crippen MR) is 72.8 cm³/mol. The van der Waals surface area contributed by atoms with Crippen molar-refractivity contribution >= 4 is 17.3 Å². The van der Waals surface area contributed by atoms with Gasteiger partial charge < -0.3 is 10.2 Å². The molecule has 1 atom stereocenters. The summed E-state index contributed by atoms with van der Waals surface area (Å²) in [7, 11) is 0. The molecule has 1 saturated carbocycles. The molecule has 0 amide bonds. The predicted octanol–water partition coefficient (Wildman–Crippen LogP) is 2.92. The molecule has 1 aromatic rings. The largest absolute Gasteiger partial charge is 0.368 e. The minimum atomic E-state index is 0.518. The first-order chi connectivity index (χ1) is 8.19. The third kappa shape index (κ3) is 2.29. The minimum absolute atomic E-state index is 0.518. The average molecular weight is 251 g/mol. The van der Waals surface area contributed by atoms with Gasteiger partial charge in [-0.3, -0.25) is 0 Å². The summed E-state index contributed by atoms with van der Waals surface area (Å²) < 4.78 is 0. The van der Waals surface area contributed by atoms with Gasteiger partial charge in [0.2, 0.25) is 0 Å². The van der Waals surface area contributed by atoms with Crippen LogP contribution in [0.3, 0.4) is 0 Å². The first kappa shape index (κ1) is 11.4. The summed E-state index contributed by atoms with van der Waals surface area (Å²) in [6.45, 7) is 5.61. The molecule has 1 unspecified atom stereocenters. The van der Waals surface area contributed by atoms with E-state index in [1.54, 1.807) is 0 Å². The highest BCUT2D eigenvalue weighted by molar-refractivity contribution is 6.33. The molecule has 1 aliphatic heterocycles. The summed E-state index contributed by atoms with van der Waals surface area (Å²) in [6, 6.07) is 8.73. The molecule has 0 radical (unpaired) electrons. The zero-order valence-electron chi connectivity index (χ0n) is 10.2. The van der Waals surface area contributed by atoms with Crippen molar-refractivity contribution in [2.75, 3.05) is 24.5 Å². The van der Waals surface area contributed by atoms with Gasteiger partial charge in [-0.25, -0.2) is 0 Å². The molecule has 92 valence electrons. The zero-order chi connectivity index (χ0) is 11.9. The fourth-order valence-electron chi connectivity index (χ4n) is 2.71. The zero-order valence-corrected chi connectivity index (χ0v) is 11.0. The summed E-state index contributed by atoms with van der Waals surface area (Å²) in [5.41, 5.74) is 1.71. The smallest absolute Gasteiger partial charge is 0.0639 e. The summed E-state index contributed by atoms with van der Waals surface area (Å²) in [5, 5.41) is 4.50. The van der Waals surface area contributed by atoms with E-state index in [9.17, 15) is 0 Å². The Hall–Kier alpha value is -0.730. The van der Waals surface area contributed by atoms with Crippen molar-refractivity contribution in [2.45, 2.75) is 25.8 Å². The Morgan fingerprint density at radius 2 is 2.12 bits per heavy atom. The quantitative estimate of drug-likeness (QED) is 0.825. The van der Waals surface area contributed by atoms with Crippen LogP contribution in [-0.2, 0) is 0 Å². The number of rotatable bonds is 1. The van der Waals surface area contributed by atoms with E-state index in [0.717, 1.165) is 24.7 Å². The fourth-order valence-corrected chi connectivity index (χ4v) is 2.97. The molecule has 0 aromatic heterocycles. The first-order valence-corrected chi connectivity index (χ1v) is 6.79. The number of halogens is 1. The third-order valence-electron chi connectivity index (χ3n) is 4.00. The van der Waals surface area contributed by atoms with Gasteiger partial charge in [0.15, 0.2) is 0 Å². The van der Waals surface area contributed by atoms with Crippen LogP contribution in [0.25, 0.3) is 0 Å². The maximum absolute atomic E-state index is 6.31. The molecule has 1 spiro atoms. The molecule has 17 heavy (non-hydrogen) atoms. The number of anilines is 1. The molecule has 3 heteroatoms. The molecule has 2 aliphatic rings. The lowest BCUT2D eigenvalue weighted by molar-refractivity contribution is 0.479. The number of hydrogen-bond acceptors (Lipinski definition) is 2. The van der Waals surface area contributed by atoms with Gasteiger partial charge in [-0.15, -0.1) is 0 Å². The Balaban J connectivity index is 1.88. The highest BCUT2D eigenvalue weighted by Crippen LogP contribution is 2.47. The van der Waals surface area contributed by atoms with Gasteiger partial charge in [-0.05, 0) is 31.9 Å². The van der Waals surface area contributed by atoms with Gasteiger partial charge in [-0.1, -0.05) is 23.7 Å². The van der Waals surface area contributed by atoms with Crippen LogP contribution in [-0.4, -0.2) is 25.7 Å². The first-order valence-electron chi connectivity index (χ1n) is 6.41. The van der Waals surface area contributed by atoms with Crippen LogP contribution in [0, 0.1) is 5.41 Å². The molecular weight excluding hydrogens is 232 g/mol. The molecule has 2 fully saturated rings. The van der Waals surface area contributed by atoms with E-state index < -0.39 is 0 Å². The van der Waals surface area contributed by atoms with E-state index in [-0.39, 0.29) is 0 Å². The molecule has 1 aliphatic carbocycles. The fraction of sp³-hybridized carbons (Fsp3) is 0.571. The van der Waals surface area contributed by atoms with Gasteiger partial charge in [-0.2, -0.15) is 0 Å². The standard InChI is InChI=1S/C14H19ClN2/c1-11-8-17(10-14(6-7-14)9-16-11)13-5-3-2-4-12(13)15/h2-5,11,16H,6-10H2,1H3. The van der Waals surface area contributed by atoms with Crippen LogP contribution in [0.1, 0.15) is 19.8 Å². The normalized spacial score (nSPS) is 26.9. The van der Waals surface area contributed by atoms with E-state index >= 15 is 0 Å². The van der Waals surface area contributed by atoms with Gasteiger partial charge in [0, 0.05) is 31.1 Å². The van der Waals surface area contributed by atoms with Gasteiger partial charge in [0.1, 0.15) is 0 Å². The van der Waals surface area contributed by atoms with Crippen molar-refractivity contribution in [3.05, 3.63) is 29.3 Å². The van der Waals surface area contributed by atoms with Crippen LogP contribution < -0.4 is 10.2 Å². The molecule has 1 N–H and O–H groups in total. The molecule has 3 rings (SSSR count). The number of benzene rings is 1. The monoisotopic (exact) mass is 250 g/mol. The number of para-hydroxylation sites is 1. The van der Waals surface area contributed by atoms with E-state index in [4.69, 9.17) is 11.6 Å². The summed E-state index contributed by atoms with van der Waals surface area (Å²) in [6.07, 6.45) is 2.71. The summed E-state index contributed by atoms with van der Waals surface area (Å²) in [4.78, 5) is 2.46. The Labute approximate surface area is 108 Å². The topological polar surface area (TPSA) is 15.3 Å². The second kappa shape index (κ2) is 4.18. The van der Waals surface area contributed by atoms with Crippen LogP contribution >= 0.6 is 11.6 Å². The van der Waals surface area contributed by atoms with Crippen LogP contribution in [0.15, 0.2) is 24.3 Å². The third-order valence-corrected chi connectivity index (χ3v) is 4.32.